The van der Waals surface area contributed by atoms with Gasteiger partial charge in [-0.25, -0.2) is 23.4 Å². The van der Waals surface area contributed by atoms with Crippen molar-refractivity contribution < 1.29 is 78.4 Å². The molecule has 2 aromatic heterocycles. The summed E-state index contributed by atoms with van der Waals surface area (Å²) in [4.78, 5) is 52.0. The number of rotatable bonds is 19. The second-order valence-corrected chi connectivity index (χ2v) is 14.7. The molecule has 2 saturated heterocycles. The summed E-state index contributed by atoms with van der Waals surface area (Å²) < 4.78 is 35.6. The molecule has 0 bridgehead atoms. The van der Waals surface area contributed by atoms with Crippen LogP contribution in [0.5, 0.6) is 0 Å². The van der Waals surface area contributed by atoms with Crippen molar-refractivity contribution in [3.63, 3.8) is 0 Å². The average molecular weight is 810 g/mol. The summed E-state index contributed by atoms with van der Waals surface area (Å²) in [7, 11) is -5.62. The Hall–Kier alpha value is -3.49. The largest absolute Gasteiger partial charge is 0.477 e. The third-order valence-corrected chi connectivity index (χ3v) is 10.3. The highest BCUT2D eigenvalue weighted by molar-refractivity contribution is 7.47. The Morgan fingerprint density at radius 3 is 2.53 bits per heavy atom. The Morgan fingerprint density at radius 2 is 1.91 bits per heavy atom. The topological polar surface area (TPSA) is 374 Å². The second kappa shape index (κ2) is 18.6. The number of ether oxygens (including phenoxy) is 2. The van der Waals surface area contributed by atoms with Gasteiger partial charge in [0.15, 0.2) is 6.23 Å². The van der Waals surface area contributed by atoms with E-state index in [1.807, 2.05) is 13.8 Å². The number of aliphatic hydroxyl groups is 7. The maximum absolute atomic E-state index is 13.1. The summed E-state index contributed by atoms with van der Waals surface area (Å²) in [6.07, 6.45) is -11.8. The van der Waals surface area contributed by atoms with E-state index in [1.54, 1.807) is 0 Å². The number of hydrogen-bond donors (Lipinski definition) is 11. The first-order valence-electron chi connectivity index (χ1n) is 17.3. The van der Waals surface area contributed by atoms with Crippen LogP contribution in [-0.2, 0) is 39.2 Å². The van der Waals surface area contributed by atoms with E-state index in [2.05, 4.69) is 20.6 Å². The fourth-order valence-electron chi connectivity index (χ4n) is 6.28. The maximum atomic E-state index is 13.1. The molecule has 13 atom stereocenters. The third kappa shape index (κ3) is 10.5. The molecular weight excluding hydrogens is 761 g/mol. The number of carboxylic acids is 1. The van der Waals surface area contributed by atoms with Crippen molar-refractivity contribution in [3.05, 3.63) is 34.6 Å². The van der Waals surface area contributed by atoms with Gasteiger partial charge in [0.2, 0.25) is 5.91 Å². The monoisotopic (exact) mass is 809 g/mol. The van der Waals surface area contributed by atoms with Crippen LogP contribution in [0.15, 0.2) is 23.3 Å². The van der Waals surface area contributed by atoms with E-state index < -0.39 is 118 Å². The molecule has 0 aliphatic carbocycles. The van der Waals surface area contributed by atoms with E-state index in [-0.39, 0.29) is 17.4 Å². The number of carbonyl (C=O) groups excluding carboxylic acids is 1. The zero-order valence-corrected chi connectivity index (χ0v) is 30.7. The fourth-order valence-corrected chi connectivity index (χ4v) is 7.24. The van der Waals surface area contributed by atoms with Gasteiger partial charge in [0, 0.05) is 12.6 Å². The van der Waals surface area contributed by atoms with Crippen LogP contribution in [0, 0.1) is 5.92 Å². The van der Waals surface area contributed by atoms with Gasteiger partial charge in [0.1, 0.15) is 60.8 Å². The molecule has 25 heteroatoms. The second-order valence-electron chi connectivity index (χ2n) is 13.3. The van der Waals surface area contributed by atoms with Crippen LogP contribution in [0.1, 0.15) is 64.0 Å². The molecule has 0 radical (unpaired) electrons. The van der Waals surface area contributed by atoms with Crippen molar-refractivity contribution in [3.8, 4) is 0 Å². The number of nitrogens with two attached hydrogens (primary N) is 1. The van der Waals surface area contributed by atoms with Crippen LogP contribution in [0.4, 0.5) is 5.82 Å². The molecule has 4 rings (SSSR count). The molecule has 24 nitrogen and oxygen atoms in total. The number of nitrogens with one attached hydrogen (secondary N) is 1. The maximum Gasteiger partial charge on any atom is 0.475 e. The number of phosphoric ester groups is 1. The van der Waals surface area contributed by atoms with E-state index in [4.69, 9.17) is 24.3 Å². The summed E-state index contributed by atoms with van der Waals surface area (Å²) in [5, 5.41) is 93.6. The van der Waals surface area contributed by atoms with Crippen molar-refractivity contribution in [1.82, 2.24) is 29.9 Å². The lowest BCUT2D eigenvalue weighted by molar-refractivity contribution is -0.289. The fraction of sp³-hybridized carbons (Fsp3) is 0.733. The number of unbranched alkanes of at least 4 members (excludes halogenated alkanes) is 1. The van der Waals surface area contributed by atoms with Crippen LogP contribution in [0.2, 0.25) is 0 Å². The summed E-state index contributed by atoms with van der Waals surface area (Å²) in [6, 6.07) is -0.541. The van der Waals surface area contributed by atoms with Crippen molar-refractivity contribution in [1.29, 1.82) is 0 Å². The summed E-state index contributed by atoms with van der Waals surface area (Å²) in [5.41, 5.74) is 4.70. The molecule has 12 N–H and O–H groups in total. The highest BCUT2D eigenvalue weighted by Crippen LogP contribution is 2.51. The van der Waals surface area contributed by atoms with E-state index in [9.17, 15) is 64.7 Å². The lowest BCUT2D eigenvalue weighted by atomic mass is 9.88. The van der Waals surface area contributed by atoms with Gasteiger partial charge >= 0.3 is 19.5 Å². The molecule has 2 aromatic rings. The number of nitrogens with zero attached hydrogens (tertiary/aromatic N) is 5. The smallest absolute Gasteiger partial charge is 0.475 e. The SMILES string of the molecule is CCCCC(CC)C(O)c1cn(CC(=O)N[C@H]2[C@H]([C@H](O)[C@H](O)CO)O[C@](OP(=O)(O)OC[C@H]3O[C@@H](n4ccc(N)nc4=O)[C@H](O)[C@@H]3O)(C(=O)O)C[C@@H]2O)nn1. The first-order valence-corrected chi connectivity index (χ1v) is 18.8. The minimum atomic E-state index is -5.62. The molecule has 4 heterocycles. The number of anilines is 1. The number of aromatic nitrogens is 5. The van der Waals surface area contributed by atoms with E-state index in [0.717, 1.165) is 34.7 Å². The van der Waals surface area contributed by atoms with Gasteiger partial charge in [-0.3, -0.25) is 13.9 Å². The van der Waals surface area contributed by atoms with Gasteiger partial charge in [-0.15, -0.1) is 5.10 Å². The number of nitrogen functional groups attached to an aromatic ring is 1. The number of phosphoric acid groups is 1. The van der Waals surface area contributed by atoms with Gasteiger partial charge in [-0.1, -0.05) is 38.3 Å². The van der Waals surface area contributed by atoms with Crippen molar-refractivity contribution in [2.45, 2.75) is 119 Å². The van der Waals surface area contributed by atoms with Gasteiger partial charge in [-0.05, 0) is 18.4 Å². The van der Waals surface area contributed by atoms with Gasteiger partial charge < -0.3 is 66.3 Å². The van der Waals surface area contributed by atoms with Crippen LogP contribution in [-0.4, -0.2) is 150 Å². The molecule has 3 unspecified atom stereocenters. The van der Waals surface area contributed by atoms with Crippen LogP contribution in [0.25, 0.3) is 0 Å². The van der Waals surface area contributed by atoms with E-state index in [1.165, 1.54) is 12.3 Å². The summed E-state index contributed by atoms with van der Waals surface area (Å²) >= 11 is 0. The van der Waals surface area contributed by atoms with Gasteiger partial charge in [0.05, 0.1) is 31.6 Å². The third-order valence-electron chi connectivity index (χ3n) is 9.34. The molecule has 0 saturated carbocycles. The highest BCUT2D eigenvalue weighted by Gasteiger charge is 2.59. The molecule has 2 fully saturated rings. The quantitative estimate of drug-likeness (QED) is 0.0607. The zero-order chi connectivity index (χ0) is 40.8. The van der Waals surface area contributed by atoms with Crippen LogP contribution >= 0.6 is 7.82 Å². The van der Waals surface area contributed by atoms with Crippen molar-refractivity contribution >= 4 is 25.5 Å². The standard InChI is InChI=1S/C30H48N7O17P/c1-3-5-6-14(4-2)22(42)15-10-36(35-34-15)11-20(41)33-21-16(39)9-30(28(46)47,53-26(21)23(43)17(40)12-38)54-55(49,50)51-13-18-24(44)25(45)27(52-18)37-8-7-19(31)32-29(37)48/h7-8,10,14,16-18,21-27,38-40,42-45H,3-6,9,11-13H2,1-2H3,(H,33,41)(H,46,47)(H,49,50)(H2,31,32,48)/t14?,16-,17+,18+,21+,22?,23+,24+,25+,26+,27+,30+/m0/s1. The molecular formula is C30H48N7O17P. The predicted molar refractivity (Wildman–Crippen MR) is 181 cm³/mol. The molecule has 0 spiro atoms. The lowest BCUT2D eigenvalue weighted by Gasteiger charge is -2.46. The normalized spacial score (nSPS) is 30.3. The molecule has 2 aliphatic rings. The minimum absolute atomic E-state index is 0.113. The summed E-state index contributed by atoms with van der Waals surface area (Å²) in [5.74, 6) is -6.61. The molecule has 1 amide bonds. The molecule has 310 valence electrons. The molecule has 2 aliphatic heterocycles. The number of aliphatic carboxylic acids is 1. The predicted octanol–water partition coefficient (Wildman–Crippen LogP) is -3.75. The Bertz CT molecular complexity index is 1720. The first kappa shape index (κ1) is 44.2. The Balaban J connectivity index is 1.47. The number of carboxylic acid groups (broad SMARTS) is 1. The number of hydrogen-bond acceptors (Lipinski definition) is 19. The van der Waals surface area contributed by atoms with Crippen LogP contribution < -0.4 is 16.7 Å². The van der Waals surface area contributed by atoms with E-state index in [0.29, 0.717) is 6.42 Å². The average Bonchev–Trinajstić information content (AvgIpc) is 3.71. The number of amides is 1. The number of carbonyl (C=O) groups is 2. The van der Waals surface area contributed by atoms with Crippen molar-refractivity contribution in [2.24, 2.45) is 5.92 Å². The van der Waals surface area contributed by atoms with E-state index >= 15 is 0 Å². The zero-order valence-electron chi connectivity index (χ0n) is 29.8. The summed E-state index contributed by atoms with van der Waals surface area (Å²) in [6.45, 7) is 1.20. The van der Waals surface area contributed by atoms with Gasteiger partial charge in [-0.2, -0.15) is 4.98 Å². The Morgan fingerprint density at radius 1 is 1.20 bits per heavy atom. The first-order chi connectivity index (χ1) is 25.9. The highest BCUT2D eigenvalue weighted by atomic mass is 31.2. The Kier molecular flexibility index (Phi) is 15.0. The van der Waals surface area contributed by atoms with Crippen molar-refractivity contribution in [2.75, 3.05) is 18.9 Å². The lowest BCUT2D eigenvalue weighted by Crippen LogP contribution is -2.68. The molecule has 0 aromatic carbocycles. The Labute approximate surface area is 312 Å². The van der Waals surface area contributed by atoms with Gasteiger partial charge in [0.25, 0.3) is 5.79 Å². The van der Waals surface area contributed by atoms with Crippen LogP contribution in [0.3, 0.4) is 0 Å². The minimum Gasteiger partial charge on any atom is -0.477 e. The molecule has 55 heavy (non-hydrogen) atoms. The number of aliphatic hydroxyl groups excluding tert-OH is 7.